The molecule has 1 amide bonds. The molecule has 0 bridgehead atoms. The van der Waals surface area contributed by atoms with Crippen LogP contribution in [-0.4, -0.2) is 53.0 Å². The number of hydrogen-bond donors (Lipinski definition) is 2. The fourth-order valence-electron chi connectivity index (χ4n) is 1.14. The Morgan fingerprint density at radius 2 is 1.68 bits per heavy atom. The maximum atomic E-state index is 11.9. The molecule has 0 saturated carbocycles. The molecule has 0 rings (SSSR count). The van der Waals surface area contributed by atoms with E-state index in [0.29, 0.717) is 5.92 Å². The molecule has 19 heavy (non-hydrogen) atoms. The molecule has 0 aromatic heterocycles. The van der Waals surface area contributed by atoms with Crippen LogP contribution in [0, 0.1) is 5.92 Å². The number of likely N-dealkylation sites (N-methyl/N-ethyl adjacent to an activating group) is 1. The van der Waals surface area contributed by atoms with Gasteiger partial charge in [0.05, 0.1) is 13.1 Å². The normalized spacial score (nSPS) is 12.7. The Bertz CT molecular complexity index is 330. The summed E-state index contributed by atoms with van der Waals surface area (Å²) in [5.74, 6) is -0.138. The highest BCUT2D eigenvalue weighted by atomic mass is 16.3. The minimum Gasteiger partial charge on any atom is -0.383 e. The first kappa shape index (κ1) is 18.1. The molecule has 112 valence electrons. The van der Waals surface area contributed by atoms with Crippen LogP contribution in [0.25, 0.3) is 0 Å². The zero-order chi connectivity index (χ0) is 15.4. The Kier molecular flexibility index (Phi) is 6.16. The third kappa shape index (κ3) is 6.16. The van der Waals surface area contributed by atoms with E-state index in [0.717, 1.165) is 0 Å². The van der Waals surface area contributed by atoms with E-state index in [1.807, 2.05) is 13.8 Å². The third-order valence-electron chi connectivity index (χ3n) is 3.63. The molecular weight excluding hydrogens is 244 g/mol. The number of carbonyl (C=O) groups excluding carboxylic acids is 2. The second kappa shape index (κ2) is 6.48. The van der Waals surface area contributed by atoms with Crippen LogP contribution in [0.1, 0.15) is 41.5 Å². The number of amides is 1. The molecule has 0 atom stereocenters. The van der Waals surface area contributed by atoms with Crippen molar-refractivity contribution in [2.24, 2.45) is 5.92 Å². The van der Waals surface area contributed by atoms with Gasteiger partial charge in [-0.1, -0.05) is 13.8 Å². The molecule has 0 aliphatic heterocycles. The topological polar surface area (TPSA) is 69.6 Å². The van der Waals surface area contributed by atoms with Crippen molar-refractivity contribution in [3.8, 4) is 0 Å². The fraction of sp³-hybridized carbons (Fsp3) is 0.857. The van der Waals surface area contributed by atoms with E-state index in [4.69, 9.17) is 0 Å². The zero-order valence-corrected chi connectivity index (χ0v) is 13.2. The number of carbonyl (C=O) groups is 2. The molecule has 0 fully saturated rings. The number of aliphatic hydroxyl groups is 1. The monoisotopic (exact) mass is 272 g/mol. The molecule has 0 saturated heterocycles. The summed E-state index contributed by atoms with van der Waals surface area (Å²) in [7, 11) is 1.57. The second-order valence-electron chi connectivity index (χ2n) is 6.46. The van der Waals surface area contributed by atoms with Gasteiger partial charge < -0.3 is 15.3 Å². The molecule has 0 spiro atoms. The van der Waals surface area contributed by atoms with Crippen LogP contribution in [-0.2, 0) is 9.59 Å². The van der Waals surface area contributed by atoms with E-state index >= 15 is 0 Å². The molecule has 0 aromatic rings. The lowest BCUT2D eigenvalue weighted by Crippen LogP contribution is -2.50. The summed E-state index contributed by atoms with van der Waals surface area (Å²) in [6, 6.07) is 0. The highest BCUT2D eigenvalue weighted by Gasteiger charge is 2.27. The van der Waals surface area contributed by atoms with E-state index in [-0.39, 0.29) is 30.3 Å². The van der Waals surface area contributed by atoms with Gasteiger partial charge in [-0.15, -0.1) is 0 Å². The van der Waals surface area contributed by atoms with Crippen LogP contribution in [0.15, 0.2) is 0 Å². The summed E-state index contributed by atoms with van der Waals surface area (Å²) >= 11 is 0. The summed E-state index contributed by atoms with van der Waals surface area (Å²) in [5, 5.41) is 12.7. The van der Waals surface area contributed by atoms with Crippen molar-refractivity contribution in [1.29, 1.82) is 0 Å². The third-order valence-corrected chi connectivity index (χ3v) is 3.63. The Hall–Kier alpha value is -0.940. The van der Waals surface area contributed by atoms with E-state index in [1.165, 1.54) is 18.7 Å². The fourth-order valence-corrected chi connectivity index (χ4v) is 1.14. The largest absolute Gasteiger partial charge is 0.383 e. The first-order chi connectivity index (χ1) is 8.38. The molecule has 5 nitrogen and oxygen atoms in total. The van der Waals surface area contributed by atoms with E-state index in [1.54, 1.807) is 7.05 Å². The van der Waals surface area contributed by atoms with Crippen LogP contribution in [0.2, 0.25) is 0 Å². The Balaban J connectivity index is 4.34. The van der Waals surface area contributed by atoms with Gasteiger partial charge in [0.1, 0.15) is 5.60 Å². The van der Waals surface area contributed by atoms with Gasteiger partial charge >= 0.3 is 0 Å². The predicted molar refractivity (Wildman–Crippen MR) is 75.9 cm³/mol. The first-order valence-corrected chi connectivity index (χ1v) is 6.62. The Labute approximate surface area is 116 Å². The number of nitrogens with zero attached hydrogens (tertiary/aromatic N) is 1. The minimum atomic E-state index is -1.40. The smallest absolute Gasteiger partial charge is 0.236 e. The van der Waals surface area contributed by atoms with Crippen LogP contribution in [0.4, 0.5) is 0 Å². The summed E-state index contributed by atoms with van der Waals surface area (Å²) in [6.45, 7) is 11.2. The van der Waals surface area contributed by atoms with Crippen molar-refractivity contribution in [3.05, 3.63) is 0 Å². The maximum absolute atomic E-state index is 11.9. The second-order valence-corrected chi connectivity index (χ2v) is 6.46. The highest BCUT2D eigenvalue weighted by molar-refractivity contribution is 5.91. The summed E-state index contributed by atoms with van der Waals surface area (Å²) < 4.78 is 0. The minimum absolute atomic E-state index is 0.0773. The van der Waals surface area contributed by atoms with Crippen LogP contribution >= 0.6 is 0 Å². The van der Waals surface area contributed by atoms with Crippen molar-refractivity contribution in [2.75, 3.05) is 20.1 Å². The van der Waals surface area contributed by atoms with E-state index in [9.17, 15) is 14.7 Å². The standard InChI is InChI=1S/C14H28N2O3/c1-10(2)13(3,4)15-8-12(18)16(7)9-11(17)14(5,6)19/h10,15,19H,8-9H2,1-7H3. The highest BCUT2D eigenvalue weighted by Crippen LogP contribution is 2.14. The molecular formula is C14H28N2O3. The number of hydrogen-bond acceptors (Lipinski definition) is 4. The number of ketones is 1. The van der Waals surface area contributed by atoms with Crippen LogP contribution in [0.5, 0.6) is 0 Å². The van der Waals surface area contributed by atoms with Crippen molar-refractivity contribution in [2.45, 2.75) is 52.7 Å². The van der Waals surface area contributed by atoms with Gasteiger partial charge in [-0.2, -0.15) is 0 Å². The molecule has 0 aliphatic rings. The quantitative estimate of drug-likeness (QED) is 0.719. The molecule has 0 radical (unpaired) electrons. The average Bonchev–Trinajstić information content (AvgIpc) is 2.24. The van der Waals surface area contributed by atoms with Crippen molar-refractivity contribution in [3.63, 3.8) is 0 Å². The molecule has 0 aromatic carbocycles. The van der Waals surface area contributed by atoms with Gasteiger partial charge in [-0.25, -0.2) is 0 Å². The first-order valence-electron chi connectivity index (χ1n) is 6.62. The Morgan fingerprint density at radius 3 is 2.05 bits per heavy atom. The van der Waals surface area contributed by atoms with Crippen molar-refractivity contribution in [1.82, 2.24) is 10.2 Å². The molecule has 2 N–H and O–H groups in total. The van der Waals surface area contributed by atoms with E-state index in [2.05, 4.69) is 19.2 Å². The van der Waals surface area contributed by atoms with Crippen molar-refractivity contribution < 1.29 is 14.7 Å². The van der Waals surface area contributed by atoms with Crippen molar-refractivity contribution >= 4 is 11.7 Å². The number of rotatable bonds is 7. The van der Waals surface area contributed by atoms with E-state index < -0.39 is 5.60 Å². The lowest BCUT2D eigenvalue weighted by Gasteiger charge is -2.31. The number of Topliss-reactive ketones (excluding diaryl/α,β-unsaturated/α-hetero) is 1. The molecule has 0 unspecified atom stereocenters. The van der Waals surface area contributed by atoms with Gasteiger partial charge in [0.15, 0.2) is 5.78 Å². The van der Waals surface area contributed by atoms with Gasteiger partial charge in [0.25, 0.3) is 0 Å². The average molecular weight is 272 g/mol. The van der Waals surface area contributed by atoms with Crippen LogP contribution in [0.3, 0.4) is 0 Å². The molecule has 0 heterocycles. The maximum Gasteiger partial charge on any atom is 0.236 e. The van der Waals surface area contributed by atoms with Gasteiger partial charge in [-0.05, 0) is 33.6 Å². The molecule has 0 aliphatic carbocycles. The molecule has 5 heteroatoms. The zero-order valence-electron chi connectivity index (χ0n) is 13.2. The summed E-state index contributed by atoms with van der Waals surface area (Å²) in [5.41, 5.74) is -1.55. The van der Waals surface area contributed by atoms with Gasteiger partial charge in [-0.3, -0.25) is 9.59 Å². The summed E-state index contributed by atoms with van der Waals surface area (Å²) in [4.78, 5) is 24.9. The van der Waals surface area contributed by atoms with Gasteiger partial charge in [0.2, 0.25) is 5.91 Å². The number of nitrogens with one attached hydrogen (secondary N) is 1. The lowest BCUT2D eigenvalue weighted by atomic mass is 9.91. The van der Waals surface area contributed by atoms with Crippen LogP contribution < -0.4 is 5.32 Å². The SMILES string of the molecule is CC(C)C(C)(C)NCC(=O)N(C)CC(=O)C(C)(C)O. The van der Waals surface area contributed by atoms with Gasteiger partial charge in [0, 0.05) is 12.6 Å². The predicted octanol–water partition coefficient (Wildman–Crippen LogP) is 0.809. The lowest BCUT2D eigenvalue weighted by molar-refractivity contribution is -0.140. The Morgan fingerprint density at radius 1 is 1.21 bits per heavy atom. The summed E-state index contributed by atoms with van der Waals surface area (Å²) in [6.07, 6.45) is 0.